The van der Waals surface area contributed by atoms with E-state index < -0.39 is 0 Å². The van der Waals surface area contributed by atoms with Crippen LogP contribution >= 0.6 is 11.3 Å². The fourth-order valence-corrected chi connectivity index (χ4v) is 5.73. The summed E-state index contributed by atoms with van der Waals surface area (Å²) >= 11 is 1.71. The number of anilines is 1. The van der Waals surface area contributed by atoms with E-state index in [-0.39, 0.29) is 0 Å². The SMILES string of the molecule is Cc1nc(N2CCN(Cc3cccc4cccnc34)CC2)c2c(-c3ccccc3)csc2n1. The van der Waals surface area contributed by atoms with Crippen LogP contribution in [0.4, 0.5) is 5.82 Å². The van der Waals surface area contributed by atoms with Crippen molar-refractivity contribution in [2.24, 2.45) is 0 Å². The summed E-state index contributed by atoms with van der Waals surface area (Å²) in [5.41, 5.74) is 4.86. The van der Waals surface area contributed by atoms with Gasteiger partial charge in [-0.25, -0.2) is 9.97 Å². The molecule has 0 aliphatic carbocycles. The Bertz CT molecular complexity index is 1420. The summed E-state index contributed by atoms with van der Waals surface area (Å²) in [6.45, 7) is 6.82. The molecule has 0 bridgehead atoms. The van der Waals surface area contributed by atoms with E-state index in [1.165, 1.54) is 27.5 Å². The highest BCUT2D eigenvalue weighted by atomic mass is 32.1. The molecule has 5 nitrogen and oxygen atoms in total. The van der Waals surface area contributed by atoms with Gasteiger partial charge in [-0.3, -0.25) is 9.88 Å². The Hall–Kier alpha value is -3.35. The highest BCUT2D eigenvalue weighted by molar-refractivity contribution is 7.17. The molecule has 1 aliphatic heterocycles. The van der Waals surface area contributed by atoms with Gasteiger partial charge in [0.05, 0.1) is 10.9 Å². The molecule has 33 heavy (non-hydrogen) atoms. The zero-order valence-corrected chi connectivity index (χ0v) is 19.4. The number of benzene rings is 2. The molecule has 0 spiro atoms. The number of fused-ring (bicyclic) bond motifs is 2. The number of aromatic nitrogens is 3. The normalized spacial score (nSPS) is 14.9. The minimum atomic E-state index is 0.836. The summed E-state index contributed by atoms with van der Waals surface area (Å²) in [5, 5.41) is 4.61. The third-order valence-corrected chi connectivity index (χ3v) is 7.27. The Labute approximate surface area is 197 Å². The molecule has 0 amide bonds. The molecule has 164 valence electrons. The van der Waals surface area contributed by atoms with Crippen LogP contribution in [-0.4, -0.2) is 46.0 Å². The summed E-state index contributed by atoms with van der Waals surface area (Å²) in [6.07, 6.45) is 1.89. The van der Waals surface area contributed by atoms with Crippen molar-refractivity contribution in [1.82, 2.24) is 19.9 Å². The third kappa shape index (κ3) is 3.86. The average molecular weight is 452 g/mol. The van der Waals surface area contributed by atoms with Crippen LogP contribution in [0.2, 0.25) is 0 Å². The van der Waals surface area contributed by atoms with Gasteiger partial charge in [0.1, 0.15) is 16.5 Å². The van der Waals surface area contributed by atoms with Gasteiger partial charge in [-0.05, 0) is 24.1 Å². The van der Waals surface area contributed by atoms with Gasteiger partial charge in [0, 0.05) is 55.3 Å². The van der Waals surface area contributed by atoms with Gasteiger partial charge in [0.2, 0.25) is 0 Å². The van der Waals surface area contributed by atoms with E-state index in [0.717, 1.165) is 54.7 Å². The average Bonchev–Trinajstić information content (AvgIpc) is 3.29. The molecule has 2 aromatic carbocycles. The number of aryl methyl sites for hydroxylation is 1. The van der Waals surface area contributed by atoms with Gasteiger partial charge in [-0.1, -0.05) is 54.6 Å². The minimum Gasteiger partial charge on any atom is -0.353 e. The summed E-state index contributed by atoms with van der Waals surface area (Å²) in [6, 6.07) is 21.2. The van der Waals surface area contributed by atoms with Crippen molar-refractivity contribution in [3.05, 3.63) is 83.6 Å². The fourth-order valence-electron chi connectivity index (χ4n) is 4.74. The van der Waals surface area contributed by atoms with Crippen LogP contribution in [0.25, 0.3) is 32.2 Å². The van der Waals surface area contributed by atoms with Crippen LogP contribution in [-0.2, 0) is 6.54 Å². The first-order chi connectivity index (χ1) is 16.3. The predicted molar refractivity (Wildman–Crippen MR) is 137 cm³/mol. The second-order valence-electron chi connectivity index (χ2n) is 8.55. The molecule has 0 saturated carbocycles. The smallest absolute Gasteiger partial charge is 0.141 e. The van der Waals surface area contributed by atoms with Crippen molar-refractivity contribution in [1.29, 1.82) is 0 Å². The summed E-state index contributed by atoms with van der Waals surface area (Å²) in [4.78, 5) is 20.3. The van der Waals surface area contributed by atoms with Crippen molar-refractivity contribution in [2.45, 2.75) is 13.5 Å². The zero-order chi connectivity index (χ0) is 22.2. The van der Waals surface area contributed by atoms with E-state index in [4.69, 9.17) is 9.97 Å². The Morgan fingerprint density at radius 1 is 0.879 bits per heavy atom. The Morgan fingerprint density at radius 3 is 2.55 bits per heavy atom. The summed E-state index contributed by atoms with van der Waals surface area (Å²) in [7, 11) is 0. The number of hydrogen-bond acceptors (Lipinski definition) is 6. The monoisotopic (exact) mass is 451 g/mol. The van der Waals surface area contributed by atoms with E-state index in [9.17, 15) is 0 Å². The zero-order valence-electron chi connectivity index (χ0n) is 18.6. The molecule has 0 unspecified atom stereocenters. The molecular weight excluding hydrogens is 426 g/mol. The molecule has 0 atom stereocenters. The second-order valence-corrected chi connectivity index (χ2v) is 9.40. The molecule has 0 radical (unpaired) electrons. The first-order valence-corrected chi connectivity index (χ1v) is 12.3. The number of para-hydroxylation sites is 1. The number of piperazine rings is 1. The molecule has 3 aromatic heterocycles. The third-order valence-electron chi connectivity index (χ3n) is 6.39. The van der Waals surface area contributed by atoms with Crippen LogP contribution in [0.5, 0.6) is 0 Å². The Morgan fingerprint density at radius 2 is 1.70 bits per heavy atom. The van der Waals surface area contributed by atoms with E-state index in [1.807, 2.05) is 19.2 Å². The number of nitrogens with zero attached hydrogens (tertiary/aromatic N) is 5. The minimum absolute atomic E-state index is 0.836. The van der Waals surface area contributed by atoms with Crippen molar-refractivity contribution in [3.8, 4) is 11.1 Å². The predicted octanol–water partition coefficient (Wildman–Crippen LogP) is 5.54. The lowest BCUT2D eigenvalue weighted by Gasteiger charge is -2.36. The van der Waals surface area contributed by atoms with Crippen molar-refractivity contribution >= 4 is 38.3 Å². The highest BCUT2D eigenvalue weighted by Crippen LogP contribution is 2.38. The van der Waals surface area contributed by atoms with Crippen LogP contribution in [0.15, 0.2) is 72.2 Å². The Kier molecular flexibility index (Phi) is 5.24. The lowest BCUT2D eigenvalue weighted by Crippen LogP contribution is -2.46. The maximum atomic E-state index is 4.93. The molecule has 0 N–H and O–H groups in total. The molecule has 6 heteroatoms. The largest absolute Gasteiger partial charge is 0.353 e. The summed E-state index contributed by atoms with van der Waals surface area (Å²) < 4.78 is 0. The van der Waals surface area contributed by atoms with Crippen LogP contribution in [0.3, 0.4) is 0 Å². The molecule has 5 aromatic rings. The van der Waals surface area contributed by atoms with Gasteiger partial charge in [-0.15, -0.1) is 11.3 Å². The van der Waals surface area contributed by atoms with Gasteiger partial charge in [-0.2, -0.15) is 0 Å². The first-order valence-electron chi connectivity index (χ1n) is 11.4. The standard InChI is InChI=1S/C27H25N5S/c1-19-29-26(24-23(18-33-27(24)30-19)20-7-3-2-4-8-20)32-15-13-31(14-16-32)17-22-10-5-9-21-11-6-12-28-25(21)22/h2-12,18H,13-17H2,1H3. The first kappa shape index (κ1) is 20.3. The lowest BCUT2D eigenvalue weighted by atomic mass is 10.1. The quantitative estimate of drug-likeness (QED) is 0.359. The van der Waals surface area contributed by atoms with Crippen molar-refractivity contribution in [2.75, 3.05) is 31.1 Å². The van der Waals surface area contributed by atoms with Gasteiger partial charge >= 0.3 is 0 Å². The van der Waals surface area contributed by atoms with Crippen LogP contribution < -0.4 is 4.90 Å². The van der Waals surface area contributed by atoms with Crippen LogP contribution in [0.1, 0.15) is 11.4 Å². The van der Waals surface area contributed by atoms with Gasteiger partial charge in [0.25, 0.3) is 0 Å². The van der Waals surface area contributed by atoms with Crippen LogP contribution in [0, 0.1) is 6.92 Å². The van der Waals surface area contributed by atoms with E-state index >= 15 is 0 Å². The second kappa shape index (κ2) is 8.54. The molecule has 4 heterocycles. The van der Waals surface area contributed by atoms with E-state index in [2.05, 4.69) is 74.8 Å². The topological polar surface area (TPSA) is 45.2 Å². The number of hydrogen-bond donors (Lipinski definition) is 0. The lowest BCUT2D eigenvalue weighted by molar-refractivity contribution is 0.250. The van der Waals surface area contributed by atoms with Gasteiger partial charge < -0.3 is 4.90 Å². The summed E-state index contributed by atoms with van der Waals surface area (Å²) in [5.74, 6) is 1.91. The molecule has 1 aliphatic rings. The number of rotatable bonds is 4. The van der Waals surface area contributed by atoms with Crippen molar-refractivity contribution in [3.63, 3.8) is 0 Å². The molecule has 1 fully saturated rings. The molecular formula is C27H25N5S. The van der Waals surface area contributed by atoms with E-state index in [0.29, 0.717) is 0 Å². The Balaban J connectivity index is 1.27. The molecule has 6 rings (SSSR count). The highest BCUT2D eigenvalue weighted by Gasteiger charge is 2.23. The maximum absolute atomic E-state index is 4.93. The van der Waals surface area contributed by atoms with E-state index in [1.54, 1.807) is 11.3 Å². The van der Waals surface area contributed by atoms with Gasteiger partial charge in [0.15, 0.2) is 0 Å². The fraction of sp³-hybridized carbons (Fsp3) is 0.222. The maximum Gasteiger partial charge on any atom is 0.141 e. The number of pyridine rings is 1. The molecule has 1 saturated heterocycles. The number of thiophene rings is 1. The van der Waals surface area contributed by atoms with Crippen molar-refractivity contribution < 1.29 is 0 Å².